The van der Waals surface area contributed by atoms with Gasteiger partial charge in [-0.2, -0.15) is 0 Å². The van der Waals surface area contributed by atoms with E-state index in [-0.39, 0.29) is 41.8 Å². The van der Waals surface area contributed by atoms with Crippen LogP contribution in [0.5, 0.6) is 0 Å². The molecule has 226 valence electrons. The minimum Gasteiger partial charge on any atom is -0.442 e. The van der Waals surface area contributed by atoms with Crippen LogP contribution in [0.4, 0.5) is 9.18 Å². The molecule has 10 heteroatoms. The van der Waals surface area contributed by atoms with Crippen molar-refractivity contribution in [2.24, 2.45) is 17.8 Å². The normalized spacial score (nSPS) is 32.6. The van der Waals surface area contributed by atoms with Gasteiger partial charge in [0.2, 0.25) is 0 Å². The van der Waals surface area contributed by atoms with E-state index in [2.05, 4.69) is 28.7 Å². The third kappa shape index (κ3) is 5.02. The van der Waals surface area contributed by atoms with Crippen molar-refractivity contribution in [2.75, 3.05) is 52.5 Å². The van der Waals surface area contributed by atoms with E-state index in [1.165, 1.54) is 6.33 Å². The Kier molecular flexibility index (Phi) is 7.54. The summed E-state index contributed by atoms with van der Waals surface area (Å²) >= 11 is 0. The zero-order valence-electron chi connectivity index (χ0n) is 25.2. The van der Waals surface area contributed by atoms with Crippen LogP contribution in [0.1, 0.15) is 80.5 Å². The lowest BCUT2D eigenvalue weighted by atomic mass is 9.74. The first-order valence-electron chi connectivity index (χ1n) is 15.7. The molecule has 1 saturated carbocycles. The maximum absolute atomic E-state index is 15.5. The second-order valence-corrected chi connectivity index (χ2v) is 13.5. The molecule has 3 unspecified atom stereocenters. The molecule has 2 amide bonds. The molecule has 1 aliphatic carbocycles. The Balaban J connectivity index is 1.08. The van der Waals surface area contributed by atoms with Gasteiger partial charge in [-0.05, 0) is 40.0 Å². The molecule has 41 heavy (non-hydrogen) atoms. The summed E-state index contributed by atoms with van der Waals surface area (Å²) in [6.07, 6.45) is 7.73. The number of alkyl halides is 1. The van der Waals surface area contributed by atoms with Gasteiger partial charge in [-0.1, -0.05) is 19.8 Å². The van der Waals surface area contributed by atoms with Crippen LogP contribution in [0.25, 0.3) is 0 Å². The molecule has 5 aliphatic rings. The molecule has 0 bridgehead atoms. The highest BCUT2D eigenvalue weighted by molar-refractivity contribution is 5.96. The number of unbranched alkanes of at least 4 members (excludes halogenated alkanes) is 1. The minimum atomic E-state index is -1.31. The van der Waals surface area contributed by atoms with E-state index in [9.17, 15) is 9.59 Å². The summed E-state index contributed by atoms with van der Waals surface area (Å²) in [7, 11) is 0. The fourth-order valence-electron chi connectivity index (χ4n) is 8.19. The van der Waals surface area contributed by atoms with Gasteiger partial charge in [0.05, 0.1) is 36.7 Å². The lowest BCUT2D eigenvalue weighted by Gasteiger charge is -2.55. The van der Waals surface area contributed by atoms with Crippen molar-refractivity contribution in [3.63, 3.8) is 0 Å². The van der Waals surface area contributed by atoms with Crippen LogP contribution in [0, 0.1) is 31.6 Å². The third-order valence-corrected chi connectivity index (χ3v) is 11.2. The van der Waals surface area contributed by atoms with E-state index in [0.717, 1.165) is 69.4 Å². The van der Waals surface area contributed by atoms with Gasteiger partial charge in [-0.25, -0.2) is 19.2 Å². The predicted octanol–water partition coefficient (Wildman–Crippen LogP) is 4.17. The Morgan fingerprint density at radius 2 is 1.68 bits per heavy atom. The lowest BCUT2D eigenvalue weighted by Crippen LogP contribution is -2.64. The van der Waals surface area contributed by atoms with Gasteiger partial charge >= 0.3 is 6.09 Å². The highest BCUT2D eigenvalue weighted by atomic mass is 19.1. The highest BCUT2D eigenvalue weighted by Crippen LogP contribution is 2.58. The number of fused-ring (bicyclic) bond motifs is 1. The van der Waals surface area contributed by atoms with Crippen molar-refractivity contribution in [2.45, 2.75) is 89.4 Å². The van der Waals surface area contributed by atoms with Crippen LogP contribution in [-0.2, 0) is 9.47 Å². The van der Waals surface area contributed by atoms with E-state index < -0.39 is 11.3 Å². The van der Waals surface area contributed by atoms with Crippen molar-refractivity contribution in [3.05, 3.63) is 23.3 Å². The number of carbonyl (C=O) groups is 2. The summed E-state index contributed by atoms with van der Waals surface area (Å²) in [6.45, 7) is 13.0. The van der Waals surface area contributed by atoms with E-state index in [1.807, 2.05) is 18.7 Å². The standard InChI is InChI=1S/C31H46FN5O4/c1-5-6-7-23-16-36(19-31(32)24-17-40-18-25(24)31)28(39)41-30(23)10-14-37(15-11-30)29(4)8-12-35(13-9-29)27(38)26-21(2)33-20-34-22(26)3/h20,23-25H,5-19H2,1-4H3/t23?,24-,25?,31?/m0/s1. The molecule has 0 aromatic carbocycles. The van der Waals surface area contributed by atoms with Gasteiger partial charge in [0, 0.05) is 68.9 Å². The SMILES string of the molecule is CCCCC1CN(CC2(F)C3COC[C@@H]32)C(=O)OC12CCN(C1(C)CCN(C(=O)c3c(C)ncnc3C)CC1)CC2. The Labute approximate surface area is 243 Å². The highest BCUT2D eigenvalue weighted by Gasteiger charge is 2.70. The Morgan fingerprint density at radius 1 is 1.05 bits per heavy atom. The van der Waals surface area contributed by atoms with Crippen molar-refractivity contribution in [1.29, 1.82) is 0 Å². The van der Waals surface area contributed by atoms with Crippen LogP contribution < -0.4 is 0 Å². The molecule has 6 rings (SSSR count). The summed E-state index contributed by atoms with van der Waals surface area (Å²) in [5, 5.41) is 0. The van der Waals surface area contributed by atoms with E-state index in [4.69, 9.17) is 9.47 Å². The minimum absolute atomic E-state index is 0.00820. The Morgan fingerprint density at radius 3 is 2.29 bits per heavy atom. The van der Waals surface area contributed by atoms with Gasteiger partial charge in [-0.3, -0.25) is 9.69 Å². The maximum Gasteiger partial charge on any atom is 0.410 e. The summed E-state index contributed by atoms with van der Waals surface area (Å²) in [5.41, 5.74) is 0.291. The number of hydrogen-bond donors (Lipinski definition) is 0. The topological polar surface area (TPSA) is 88.1 Å². The zero-order chi connectivity index (χ0) is 29.0. The first-order valence-corrected chi connectivity index (χ1v) is 15.7. The van der Waals surface area contributed by atoms with E-state index >= 15 is 4.39 Å². The van der Waals surface area contributed by atoms with Crippen LogP contribution in [0.3, 0.4) is 0 Å². The first kappa shape index (κ1) is 28.8. The molecule has 1 aromatic rings. The zero-order valence-corrected chi connectivity index (χ0v) is 25.2. The second kappa shape index (κ2) is 10.7. The quantitative estimate of drug-likeness (QED) is 0.486. The number of hydrogen-bond acceptors (Lipinski definition) is 7. The van der Waals surface area contributed by atoms with Gasteiger partial charge in [-0.15, -0.1) is 0 Å². The summed E-state index contributed by atoms with van der Waals surface area (Å²) in [4.78, 5) is 41.2. The first-order chi connectivity index (χ1) is 19.6. The average molecular weight is 572 g/mol. The van der Waals surface area contributed by atoms with E-state index in [0.29, 0.717) is 38.4 Å². The second-order valence-electron chi connectivity index (χ2n) is 13.5. The molecule has 9 nitrogen and oxygen atoms in total. The molecule has 5 heterocycles. The molecule has 1 spiro atoms. The molecule has 0 N–H and O–H groups in total. The van der Waals surface area contributed by atoms with Crippen LogP contribution in [0.2, 0.25) is 0 Å². The van der Waals surface area contributed by atoms with Crippen molar-refractivity contribution in [1.82, 2.24) is 24.7 Å². The van der Waals surface area contributed by atoms with Gasteiger partial charge in [0.15, 0.2) is 0 Å². The Bertz CT molecular complexity index is 1130. The molecule has 4 aliphatic heterocycles. The van der Waals surface area contributed by atoms with Crippen molar-refractivity contribution in [3.8, 4) is 0 Å². The van der Waals surface area contributed by atoms with Crippen LogP contribution in [0.15, 0.2) is 6.33 Å². The fraction of sp³-hybridized carbons (Fsp3) is 0.806. The molecule has 5 fully saturated rings. The molecular weight excluding hydrogens is 525 g/mol. The van der Waals surface area contributed by atoms with Crippen LogP contribution >= 0.6 is 0 Å². The van der Waals surface area contributed by atoms with Gasteiger partial charge in [0.1, 0.15) is 17.6 Å². The number of nitrogens with zero attached hydrogens (tertiary/aromatic N) is 5. The van der Waals surface area contributed by atoms with Crippen LogP contribution in [-0.4, -0.2) is 106 Å². The summed E-state index contributed by atoms with van der Waals surface area (Å²) < 4.78 is 27.2. The number of piperidine rings is 2. The van der Waals surface area contributed by atoms with Gasteiger partial charge < -0.3 is 19.3 Å². The lowest BCUT2D eigenvalue weighted by molar-refractivity contribution is -0.136. The van der Waals surface area contributed by atoms with Crippen molar-refractivity contribution >= 4 is 12.0 Å². The van der Waals surface area contributed by atoms with Crippen molar-refractivity contribution < 1.29 is 23.5 Å². The molecule has 1 aromatic heterocycles. The molecule has 0 radical (unpaired) electrons. The average Bonchev–Trinajstić information content (AvgIpc) is 3.26. The fourth-order valence-corrected chi connectivity index (χ4v) is 8.19. The largest absolute Gasteiger partial charge is 0.442 e. The number of halogens is 1. The summed E-state index contributed by atoms with van der Waals surface area (Å²) in [5.74, 6) is 0.0998. The number of aryl methyl sites for hydroxylation is 2. The number of likely N-dealkylation sites (tertiary alicyclic amines) is 2. The number of amides is 2. The molecule has 4 saturated heterocycles. The Hall–Kier alpha value is -2.33. The number of ether oxygens (including phenoxy) is 2. The van der Waals surface area contributed by atoms with E-state index in [1.54, 1.807) is 4.90 Å². The number of rotatable bonds is 7. The molecule has 4 atom stereocenters. The van der Waals surface area contributed by atoms with Gasteiger partial charge in [0.25, 0.3) is 5.91 Å². The summed E-state index contributed by atoms with van der Waals surface area (Å²) in [6, 6.07) is 0. The third-order valence-electron chi connectivity index (χ3n) is 11.2. The smallest absolute Gasteiger partial charge is 0.410 e. The maximum atomic E-state index is 15.5. The number of aromatic nitrogens is 2. The monoisotopic (exact) mass is 571 g/mol. The number of carbonyl (C=O) groups excluding carboxylic acids is 2. The molecular formula is C31H46FN5O4. The predicted molar refractivity (Wildman–Crippen MR) is 151 cm³/mol.